The summed E-state index contributed by atoms with van der Waals surface area (Å²) >= 11 is 1.67. The molecule has 2 heterocycles. The van der Waals surface area contributed by atoms with E-state index in [9.17, 15) is 9.90 Å². The fourth-order valence-corrected chi connectivity index (χ4v) is 5.19. The van der Waals surface area contributed by atoms with Gasteiger partial charge in [0.1, 0.15) is 5.75 Å². The number of thioether (sulfide) groups is 1. The molecule has 0 amide bonds. The molecule has 0 spiro atoms. The van der Waals surface area contributed by atoms with Gasteiger partial charge in [0.05, 0.1) is 17.7 Å². The predicted octanol–water partition coefficient (Wildman–Crippen LogP) is 5.90. The van der Waals surface area contributed by atoms with Crippen molar-refractivity contribution < 1.29 is 14.6 Å². The lowest BCUT2D eigenvalue weighted by Crippen LogP contribution is -2.13. The number of esters is 1. The van der Waals surface area contributed by atoms with Crippen molar-refractivity contribution in [3.05, 3.63) is 77.7 Å². The van der Waals surface area contributed by atoms with E-state index >= 15 is 0 Å². The summed E-state index contributed by atoms with van der Waals surface area (Å²) < 4.78 is 7.55. The highest BCUT2D eigenvalue weighted by Crippen LogP contribution is 2.42. The number of fused-ring (bicyclic) bond motifs is 1. The third-order valence-electron chi connectivity index (χ3n) is 5.75. The van der Waals surface area contributed by atoms with Gasteiger partial charge in [0, 0.05) is 58.8 Å². The number of hydrogen-bond acceptors (Lipinski definition) is 6. The fourth-order valence-electron chi connectivity index (χ4n) is 4.20. The zero-order valence-electron chi connectivity index (χ0n) is 20.3. The topological polar surface area (TPSA) is 67.6 Å². The minimum Gasteiger partial charge on any atom is -0.507 e. The number of ether oxygens (including phenoxy) is 1. The summed E-state index contributed by atoms with van der Waals surface area (Å²) in [6, 6.07) is 15.8. The Morgan fingerprint density at radius 2 is 1.83 bits per heavy atom. The molecule has 0 fully saturated rings. The second-order valence-corrected chi connectivity index (χ2v) is 9.37. The van der Waals surface area contributed by atoms with E-state index in [1.165, 1.54) is 0 Å². The Hall–Kier alpha value is -3.00. The van der Waals surface area contributed by atoms with Gasteiger partial charge in [-0.25, -0.2) is 4.79 Å². The highest BCUT2D eigenvalue weighted by molar-refractivity contribution is 7.98. The summed E-state index contributed by atoms with van der Waals surface area (Å²) in [5.74, 6) is 0.398. The van der Waals surface area contributed by atoms with Crippen LogP contribution in [0.15, 0.2) is 65.8 Å². The molecule has 0 aliphatic carbocycles. The molecule has 0 atom stereocenters. The first-order valence-electron chi connectivity index (χ1n) is 11.2. The Morgan fingerprint density at radius 3 is 2.46 bits per heavy atom. The van der Waals surface area contributed by atoms with Gasteiger partial charge in [0.25, 0.3) is 0 Å². The molecule has 0 aliphatic rings. The number of phenols is 1. The van der Waals surface area contributed by atoms with Crippen LogP contribution in [0.2, 0.25) is 0 Å². The number of aromatic hydroxyl groups is 1. The van der Waals surface area contributed by atoms with Gasteiger partial charge in [-0.2, -0.15) is 0 Å². The lowest BCUT2D eigenvalue weighted by Gasteiger charge is -2.17. The van der Waals surface area contributed by atoms with Crippen molar-refractivity contribution >= 4 is 41.0 Å². The highest BCUT2D eigenvalue weighted by atomic mass is 35.5. The van der Waals surface area contributed by atoms with Gasteiger partial charge < -0.3 is 19.3 Å². The summed E-state index contributed by atoms with van der Waals surface area (Å²) in [6.45, 7) is 2.56. The van der Waals surface area contributed by atoms with Crippen LogP contribution in [0.25, 0.3) is 22.0 Å². The lowest BCUT2D eigenvalue weighted by molar-refractivity contribution is 0.0527. The average molecular weight is 512 g/mol. The molecule has 2 aromatic carbocycles. The third kappa shape index (κ3) is 5.48. The van der Waals surface area contributed by atoms with Crippen molar-refractivity contribution in [3.8, 4) is 16.9 Å². The summed E-state index contributed by atoms with van der Waals surface area (Å²) in [6.07, 6.45) is 3.42. The molecule has 0 saturated heterocycles. The minimum absolute atomic E-state index is 0. The molecular formula is C27H30ClN3O3S. The number of halogens is 1. The van der Waals surface area contributed by atoms with E-state index in [1.54, 1.807) is 31.1 Å². The van der Waals surface area contributed by atoms with Crippen molar-refractivity contribution in [2.45, 2.75) is 24.1 Å². The quantitative estimate of drug-likeness (QED) is 0.235. The SMILES string of the molecule is CCOC(=O)c1c(CSc2ccccc2)n(C)c2cc(-c3ccncc3)c(O)c(CN(C)C)c12.Cl. The average Bonchev–Trinajstić information content (AvgIpc) is 3.12. The van der Waals surface area contributed by atoms with Crippen LogP contribution >= 0.6 is 24.2 Å². The first kappa shape index (κ1) is 26.6. The fraction of sp³-hybridized carbons (Fsp3) is 0.259. The molecule has 1 N–H and O–H groups in total. The van der Waals surface area contributed by atoms with E-state index < -0.39 is 0 Å². The molecule has 184 valence electrons. The molecule has 6 nitrogen and oxygen atoms in total. The van der Waals surface area contributed by atoms with Crippen LogP contribution in [-0.4, -0.2) is 46.2 Å². The number of carbonyl (C=O) groups is 1. The van der Waals surface area contributed by atoms with Crippen LogP contribution in [0.5, 0.6) is 5.75 Å². The molecule has 35 heavy (non-hydrogen) atoms. The van der Waals surface area contributed by atoms with Crippen LogP contribution < -0.4 is 0 Å². The van der Waals surface area contributed by atoms with E-state index in [4.69, 9.17) is 4.74 Å². The van der Waals surface area contributed by atoms with Crippen molar-refractivity contribution in [1.82, 2.24) is 14.5 Å². The molecule has 2 aromatic heterocycles. The van der Waals surface area contributed by atoms with Gasteiger partial charge in [-0.15, -0.1) is 24.2 Å². The first-order valence-corrected chi connectivity index (χ1v) is 12.2. The molecular weight excluding hydrogens is 482 g/mol. The number of rotatable bonds is 8. The molecule has 4 aromatic rings. The number of pyridine rings is 1. The third-order valence-corrected chi connectivity index (χ3v) is 6.77. The number of nitrogens with zero attached hydrogens (tertiary/aromatic N) is 3. The molecule has 0 bridgehead atoms. The maximum atomic E-state index is 13.3. The zero-order chi connectivity index (χ0) is 24.2. The Morgan fingerprint density at radius 1 is 1.14 bits per heavy atom. The number of aromatic nitrogens is 2. The van der Waals surface area contributed by atoms with Gasteiger partial charge in [-0.1, -0.05) is 18.2 Å². The van der Waals surface area contributed by atoms with Crippen molar-refractivity contribution in [3.63, 3.8) is 0 Å². The van der Waals surface area contributed by atoms with E-state index in [2.05, 4.69) is 21.7 Å². The Balaban J connectivity index is 0.00000342. The Bertz CT molecular complexity index is 1310. The number of aryl methyl sites for hydroxylation is 1. The van der Waals surface area contributed by atoms with Crippen molar-refractivity contribution in [2.24, 2.45) is 7.05 Å². The Kier molecular flexibility index (Phi) is 8.83. The smallest absolute Gasteiger partial charge is 0.340 e. The summed E-state index contributed by atoms with van der Waals surface area (Å²) in [7, 11) is 5.87. The maximum Gasteiger partial charge on any atom is 0.340 e. The van der Waals surface area contributed by atoms with Crippen LogP contribution in [0.1, 0.15) is 28.5 Å². The van der Waals surface area contributed by atoms with Crippen LogP contribution in [-0.2, 0) is 24.1 Å². The van der Waals surface area contributed by atoms with Gasteiger partial charge in [-0.3, -0.25) is 4.98 Å². The standard InChI is InChI=1S/C27H29N3O3S.ClH/c1-5-33-27(32)25-23(17-34-19-9-7-6-8-10-19)30(4)22-15-20(18-11-13-28-14-12-18)26(31)21(24(22)25)16-29(2)3;/h6-15,31H,5,16-17H2,1-4H3;1H. The summed E-state index contributed by atoms with van der Waals surface area (Å²) in [4.78, 5) is 20.5. The lowest BCUT2D eigenvalue weighted by atomic mass is 9.96. The summed E-state index contributed by atoms with van der Waals surface area (Å²) in [5, 5.41) is 12.2. The molecule has 8 heteroatoms. The molecule has 0 radical (unpaired) electrons. The first-order chi connectivity index (χ1) is 16.4. The van der Waals surface area contributed by atoms with Crippen molar-refractivity contribution in [2.75, 3.05) is 20.7 Å². The van der Waals surface area contributed by atoms with Gasteiger partial charge in [0.15, 0.2) is 0 Å². The molecule has 0 aliphatic heterocycles. The van der Waals surface area contributed by atoms with E-state index in [0.717, 1.165) is 27.1 Å². The highest BCUT2D eigenvalue weighted by Gasteiger charge is 2.28. The van der Waals surface area contributed by atoms with Gasteiger partial charge in [0.2, 0.25) is 0 Å². The van der Waals surface area contributed by atoms with Crippen LogP contribution in [0, 0.1) is 0 Å². The van der Waals surface area contributed by atoms with Crippen LogP contribution in [0.3, 0.4) is 0 Å². The largest absolute Gasteiger partial charge is 0.507 e. The van der Waals surface area contributed by atoms with Crippen LogP contribution in [0.4, 0.5) is 0 Å². The van der Waals surface area contributed by atoms with E-state index in [1.807, 2.05) is 62.4 Å². The monoisotopic (exact) mass is 511 g/mol. The number of hydrogen-bond donors (Lipinski definition) is 1. The summed E-state index contributed by atoms with van der Waals surface area (Å²) in [5.41, 5.74) is 4.57. The number of benzene rings is 2. The minimum atomic E-state index is -0.368. The molecule has 0 saturated carbocycles. The molecule has 4 rings (SSSR count). The zero-order valence-corrected chi connectivity index (χ0v) is 21.9. The molecule has 0 unspecified atom stereocenters. The van der Waals surface area contributed by atoms with E-state index in [0.29, 0.717) is 29.0 Å². The Labute approximate surface area is 216 Å². The van der Waals surface area contributed by atoms with Crippen molar-refractivity contribution in [1.29, 1.82) is 0 Å². The number of phenolic OH excluding ortho intramolecular Hbond substituents is 1. The second kappa shape index (κ2) is 11.6. The maximum absolute atomic E-state index is 13.3. The number of carbonyl (C=O) groups excluding carboxylic acids is 1. The predicted molar refractivity (Wildman–Crippen MR) is 144 cm³/mol. The van der Waals surface area contributed by atoms with Gasteiger partial charge in [-0.05, 0) is 56.9 Å². The van der Waals surface area contributed by atoms with Gasteiger partial charge >= 0.3 is 5.97 Å². The second-order valence-electron chi connectivity index (χ2n) is 8.32. The normalized spacial score (nSPS) is 11.0. The van der Waals surface area contributed by atoms with E-state index in [-0.39, 0.29) is 30.7 Å².